The molecule has 0 aliphatic heterocycles. The highest BCUT2D eigenvalue weighted by Gasteiger charge is 2.64. The monoisotopic (exact) mass is 614 g/mol. The Labute approximate surface area is 254 Å². The molecular formula is C33H49F3O7. The molecule has 0 spiro atoms. The molecule has 0 bridgehead atoms. The minimum atomic E-state index is -5.13. The molecule has 1 aliphatic carbocycles. The van der Waals surface area contributed by atoms with E-state index in [1.54, 1.807) is 41.5 Å². The quantitative estimate of drug-likeness (QED) is 0.200. The highest BCUT2D eigenvalue weighted by atomic mass is 19.4. The average molecular weight is 615 g/mol. The lowest BCUT2D eigenvalue weighted by atomic mass is 9.61. The van der Waals surface area contributed by atoms with E-state index in [0.717, 1.165) is 19.2 Å². The topological polar surface area (TPSA) is 88.1 Å². The largest absolute Gasteiger partial charge is 0.462 e. The number of benzene rings is 1. The summed E-state index contributed by atoms with van der Waals surface area (Å²) in [6.07, 6.45) is -4.66. The maximum atomic E-state index is 14.5. The van der Waals surface area contributed by atoms with Crippen molar-refractivity contribution >= 4 is 17.9 Å². The number of rotatable bonds is 10. The summed E-state index contributed by atoms with van der Waals surface area (Å²) >= 11 is 0. The van der Waals surface area contributed by atoms with Crippen molar-refractivity contribution in [2.75, 3.05) is 13.7 Å². The van der Waals surface area contributed by atoms with Gasteiger partial charge in [-0.2, -0.15) is 13.2 Å². The van der Waals surface area contributed by atoms with Crippen LogP contribution in [0.3, 0.4) is 0 Å². The van der Waals surface area contributed by atoms with Gasteiger partial charge in [0.25, 0.3) is 5.60 Å². The van der Waals surface area contributed by atoms with E-state index in [2.05, 4.69) is 20.8 Å². The lowest BCUT2D eigenvalue weighted by Crippen LogP contribution is -2.53. The predicted molar refractivity (Wildman–Crippen MR) is 156 cm³/mol. The van der Waals surface area contributed by atoms with Crippen molar-refractivity contribution in [3.63, 3.8) is 0 Å². The van der Waals surface area contributed by atoms with E-state index in [-0.39, 0.29) is 35.7 Å². The van der Waals surface area contributed by atoms with Crippen LogP contribution in [0.5, 0.6) is 0 Å². The summed E-state index contributed by atoms with van der Waals surface area (Å²) in [6.45, 7) is 16.2. The third-order valence-corrected chi connectivity index (χ3v) is 8.22. The lowest BCUT2D eigenvalue weighted by molar-refractivity contribution is -0.279. The number of ether oxygens (including phenoxy) is 4. The number of methoxy groups -OCH3 is 1. The van der Waals surface area contributed by atoms with Gasteiger partial charge in [-0.15, -0.1) is 0 Å². The third-order valence-electron chi connectivity index (χ3n) is 8.22. The number of halogens is 3. The molecule has 0 unspecified atom stereocenters. The van der Waals surface area contributed by atoms with Gasteiger partial charge in [0.05, 0.1) is 10.8 Å². The fourth-order valence-corrected chi connectivity index (χ4v) is 5.81. The van der Waals surface area contributed by atoms with Crippen LogP contribution in [0, 0.1) is 28.1 Å². The van der Waals surface area contributed by atoms with Gasteiger partial charge in [0, 0.05) is 12.7 Å². The molecule has 1 fully saturated rings. The maximum Gasteiger partial charge on any atom is 0.432 e. The first-order valence-electron chi connectivity index (χ1n) is 14.8. The maximum absolute atomic E-state index is 14.5. The Morgan fingerprint density at radius 3 is 1.95 bits per heavy atom. The molecule has 0 N–H and O–H groups in total. The number of hydrogen-bond acceptors (Lipinski definition) is 7. The fraction of sp³-hybridized carbons (Fsp3) is 0.727. The average Bonchev–Trinajstić information content (AvgIpc) is 2.85. The molecular weight excluding hydrogens is 565 g/mol. The molecule has 244 valence electrons. The van der Waals surface area contributed by atoms with Gasteiger partial charge in [0.15, 0.2) is 0 Å². The van der Waals surface area contributed by atoms with Crippen molar-refractivity contribution in [2.45, 2.75) is 112 Å². The molecule has 0 aromatic heterocycles. The molecule has 0 saturated heterocycles. The SMILES string of the molecule is CO[C@@](C(=O)O[C@@H](CC[C@H]1[C@H](C)C[C@H](OC(=O)C(C)(C)C)CC1(C)C)COC(=O)C(C)(C)C)(c1ccccc1)C(F)(F)F. The first-order valence-corrected chi connectivity index (χ1v) is 14.8. The highest BCUT2D eigenvalue weighted by molar-refractivity contribution is 5.83. The van der Waals surface area contributed by atoms with Gasteiger partial charge in [-0.3, -0.25) is 9.59 Å². The fourth-order valence-electron chi connectivity index (χ4n) is 5.81. The summed E-state index contributed by atoms with van der Waals surface area (Å²) in [4.78, 5) is 38.5. The highest BCUT2D eigenvalue weighted by Crippen LogP contribution is 2.48. The van der Waals surface area contributed by atoms with E-state index < -0.39 is 52.8 Å². The second kappa shape index (κ2) is 13.6. The predicted octanol–water partition coefficient (Wildman–Crippen LogP) is 7.40. The molecule has 1 aliphatic rings. The molecule has 43 heavy (non-hydrogen) atoms. The van der Waals surface area contributed by atoms with E-state index in [1.165, 1.54) is 18.2 Å². The Morgan fingerprint density at radius 2 is 1.49 bits per heavy atom. The molecule has 0 amide bonds. The van der Waals surface area contributed by atoms with Gasteiger partial charge in [-0.1, -0.05) is 51.1 Å². The Kier molecular flexibility index (Phi) is 11.5. The Morgan fingerprint density at radius 1 is 0.930 bits per heavy atom. The van der Waals surface area contributed by atoms with Crippen LogP contribution < -0.4 is 0 Å². The minimum absolute atomic E-state index is 0.0699. The number of carbonyl (C=O) groups excluding carboxylic acids is 3. The van der Waals surface area contributed by atoms with Crippen molar-refractivity contribution in [1.29, 1.82) is 0 Å². The first kappa shape index (κ1) is 36.6. The Balaban J connectivity index is 2.30. The molecule has 5 atom stereocenters. The van der Waals surface area contributed by atoms with E-state index >= 15 is 0 Å². The van der Waals surface area contributed by atoms with Crippen molar-refractivity contribution < 1.29 is 46.5 Å². The van der Waals surface area contributed by atoms with Crippen molar-refractivity contribution in [3.05, 3.63) is 35.9 Å². The molecule has 1 aromatic carbocycles. The second-order valence-electron chi connectivity index (χ2n) is 14.5. The molecule has 7 nitrogen and oxygen atoms in total. The molecule has 10 heteroatoms. The van der Waals surface area contributed by atoms with E-state index in [1.807, 2.05) is 0 Å². The number of alkyl halides is 3. The second-order valence-corrected chi connectivity index (χ2v) is 14.5. The molecule has 0 radical (unpaired) electrons. The first-order chi connectivity index (χ1) is 19.6. The Bertz CT molecular complexity index is 1100. The number of esters is 3. The summed E-state index contributed by atoms with van der Waals surface area (Å²) in [5, 5.41) is 0. The third kappa shape index (κ3) is 8.96. The van der Waals surface area contributed by atoms with Crippen LogP contribution in [0.4, 0.5) is 13.2 Å². The van der Waals surface area contributed by atoms with E-state index in [0.29, 0.717) is 19.3 Å². The van der Waals surface area contributed by atoms with E-state index in [4.69, 9.17) is 18.9 Å². The Hall–Kier alpha value is -2.62. The van der Waals surface area contributed by atoms with Crippen molar-refractivity contribution in [2.24, 2.45) is 28.1 Å². The summed E-state index contributed by atoms with van der Waals surface area (Å²) in [7, 11) is 0.811. The summed E-state index contributed by atoms with van der Waals surface area (Å²) in [5.41, 5.74) is -5.55. The van der Waals surface area contributed by atoms with Crippen LogP contribution >= 0.6 is 0 Å². The van der Waals surface area contributed by atoms with Gasteiger partial charge < -0.3 is 18.9 Å². The normalized spacial score (nSPS) is 23.0. The smallest absolute Gasteiger partial charge is 0.432 e. The standard InChI is InChI=1S/C33H49F3O7/c1-21-18-24(43-27(38)30(5,6)7)19-31(8,9)25(21)17-16-23(20-41-26(37)29(2,3)4)42-28(39)32(40-10,33(34,35)36)22-14-12-11-13-15-22/h11-15,21,23-25H,16-20H2,1-10H3/t21-,23+,24+,25+,32-/m1/s1. The van der Waals surface area contributed by atoms with Gasteiger partial charge in [0.2, 0.25) is 0 Å². The zero-order chi connectivity index (χ0) is 33.0. The number of hydrogen-bond donors (Lipinski definition) is 0. The van der Waals surface area contributed by atoms with Gasteiger partial charge in [-0.05, 0) is 84.5 Å². The van der Waals surface area contributed by atoms with Crippen LogP contribution in [-0.4, -0.2) is 50.0 Å². The molecule has 1 saturated carbocycles. The summed E-state index contributed by atoms with van der Waals surface area (Å²) in [6, 6.07) is 6.60. The minimum Gasteiger partial charge on any atom is -0.462 e. The zero-order valence-electron chi connectivity index (χ0n) is 27.2. The van der Waals surface area contributed by atoms with Gasteiger partial charge in [-0.25, -0.2) is 4.79 Å². The van der Waals surface area contributed by atoms with Crippen molar-refractivity contribution in [3.8, 4) is 0 Å². The lowest BCUT2D eigenvalue weighted by Gasteiger charge is -2.46. The molecule has 0 heterocycles. The van der Waals surface area contributed by atoms with Crippen LogP contribution in [-0.2, 0) is 38.9 Å². The van der Waals surface area contributed by atoms with Crippen LogP contribution in [0.1, 0.15) is 93.6 Å². The summed E-state index contributed by atoms with van der Waals surface area (Å²) in [5.74, 6) is -2.29. The number of carbonyl (C=O) groups is 3. The van der Waals surface area contributed by atoms with Gasteiger partial charge in [0.1, 0.15) is 18.8 Å². The van der Waals surface area contributed by atoms with Gasteiger partial charge >= 0.3 is 24.1 Å². The summed E-state index contributed by atoms with van der Waals surface area (Å²) < 4.78 is 65.2. The van der Waals surface area contributed by atoms with Crippen LogP contribution in [0.25, 0.3) is 0 Å². The van der Waals surface area contributed by atoms with E-state index in [9.17, 15) is 27.6 Å². The molecule has 1 aromatic rings. The van der Waals surface area contributed by atoms with Crippen LogP contribution in [0.15, 0.2) is 30.3 Å². The molecule has 2 rings (SSSR count). The van der Waals surface area contributed by atoms with Crippen LogP contribution in [0.2, 0.25) is 0 Å². The zero-order valence-corrected chi connectivity index (χ0v) is 27.2. The van der Waals surface area contributed by atoms with Crippen molar-refractivity contribution in [1.82, 2.24) is 0 Å².